The van der Waals surface area contributed by atoms with Crippen LogP contribution in [0.5, 0.6) is 0 Å². The van der Waals surface area contributed by atoms with Crippen LogP contribution in [0.25, 0.3) is 0 Å². The molecule has 1 aliphatic rings. The molecule has 0 spiro atoms. The van der Waals surface area contributed by atoms with Crippen LogP contribution >= 0.6 is 0 Å². The van der Waals surface area contributed by atoms with Crippen molar-refractivity contribution in [3.05, 3.63) is 64.2 Å². The molecule has 6 nitrogen and oxygen atoms in total. The van der Waals surface area contributed by atoms with Crippen molar-refractivity contribution in [2.75, 3.05) is 24.9 Å². The van der Waals surface area contributed by atoms with E-state index in [2.05, 4.69) is 23.5 Å². The van der Waals surface area contributed by atoms with Crippen LogP contribution in [0.4, 0.5) is 5.69 Å². The van der Waals surface area contributed by atoms with E-state index in [-0.39, 0.29) is 18.5 Å². The van der Waals surface area contributed by atoms with Crippen LogP contribution in [0.15, 0.2) is 36.4 Å². The van der Waals surface area contributed by atoms with Gasteiger partial charge >= 0.3 is 10.2 Å². The first-order chi connectivity index (χ1) is 15.1. The first-order valence-corrected chi connectivity index (χ1v) is 12.7. The van der Waals surface area contributed by atoms with Gasteiger partial charge in [0, 0.05) is 14.1 Å². The molecule has 1 amide bonds. The molecule has 174 valence electrons. The van der Waals surface area contributed by atoms with Crippen molar-refractivity contribution in [1.82, 2.24) is 9.62 Å². The summed E-state index contributed by atoms with van der Waals surface area (Å²) in [6.07, 6.45) is 5.36. The summed E-state index contributed by atoms with van der Waals surface area (Å²) >= 11 is 0. The fourth-order valence-electron chi connectivity index (χ4n) is 4.24. The summed E-state index contributed by atoms with van der Waals surface area (Å²) < 4.78 is 28.5. The first-order valence-electron chi connectivity index (χ1n) is 11.3. The molecule has 2 aromatic carbocycles. The van der Waals surface area contributed by atoms with Gasteiger partial charge in [-0.05, 0) is 79.8 Å². The smallest absolute Gasteiger partial charge is 0.304 e. The molecule has 0 fully saturated rings. The second-order valence-electron chi connectivity index (χ2n) is 8.85. The number of hydrogen-bond donors (Lipinski definition) is 1. The maximum atomic E-state index is 13.1. The third kappa shape index (κ3) is 5.33. The Morgan fingerprint density at radius 1 is 1.03 bits per heavy atom. The summed E-state index contributed by atoms with van der Waals surface area (Å²) in [4.78, 5) is 13.1. The summed E-state index contributed by atoms with van der Waals surface area (Å²) in [6, 6.07) is 11.9. The van der Waals surface area contributed by atoms with E-state index in [9.17, 15) is 13.2 Å². The number of amides is 1. The van der Waals surface area contributed by atoms with Crippen molar-refractivity contribution in [1.29, 1.82) is 0 Å². The topological polar surface area (TPSA) is 69.7 Å². The van der Waals surface area contributed by atoms with E-state index >= 15 is 0 Å². The second kappa shape index (κ2) is 10.0. The Bertz CT molecular complexity index is 1080. The van der Waals surface area contributed by atoms with Crippen molar-refractivity contribution >= 4 is 21.8 Å². The van der Waals surface area contributed by atoms with Crippen LogP contribution < -0.4 is 9.62 Å². The molecule has 0 saturated heterocycles. The number of hydrogen-bond acceptors (Lipinski definition) is 3. The number of rotatable bonds is 8. The molecule has 7 heteroatoms. The molecule has 0 heterocycles. The van der Waals surface area contributed by atoms with Crippen molar-refractivity contribution in [2.45, 2.75) is 58.9 Å². The predicted octanol–water partition coefficient (Wildman–Crippen LogP) is 4.06. The maximum absolute atomic E-state index is 13.1. The average Bonchev–Trinajstić information content (AvgIpc) is 2.77. The van der Waals surface area contributed by atoms with Crippen molar-refractivity contribution in [3.8, 4) is 0 Å². The lowest BCUT2D eigenvalue weighted by atomic mass is 9.89. The molecule has 1 aliphatic carbocycles. The number of nitrogens with zero attached hydrogens (tertiary/aromatic N) is 2. The van der Waals surface area contributed by atoms with E-state index in [1.807, 2.05) is 39.0 Å². The van der Waals surface area contributed by atoms with E-state index in [1.54, 1.807) is 0 Å². The van der Waals surface area contributed by atoms with Gasteiger partial charge in [0.05, 0.1) is 11.7 Å². The quantitative estimate of drug-likeness (QED) is 0.650. The Kier molecular flexibility index (Phi) is 7.62. The Morgan fingerprint density at radius 2 is 1.72 bits per heavy atom. The first kappa shape index (κ1) is 24.3. The van der Waals surface area contributed by atoms with Gasteiger partial charge in [0.2, 0.25) is 5.91 Å². The summed E-state index contributed by atoms with van der Waals surface area (Å²) in [5, 5.41) is 3.07. The van der Waals surface area contributed by atoms with Gasteiger partial charge in [-0.15, -0.1) is 0 Å². The SMILES string of the molecule is CC[C@H](NC(=O)CN(c1cc(C)ccc1C)S(=O)(=O)N(C)C)c1ccc2c(c1)CCCC2. The van der Waals surface area contributed by atoms with Crippen LogP contribution in [0, 0.1) is 13.8 Å². The Balaban J connectivity index is 1.85. The lowest BCUT2D eigenvalue weighted by Crippen LogP contribution is -2.46. The number of carbonyl (C=O) groups excluding carboxylic acids is 1. The second-order valence-corrected chi connectivity index (χ2v) is 10.9. The maximum Gasteiger partial charge on any atom is 0.304 e. The van der Waals surface area contributed by atoms with Crippen molar-refractivity contribution in [2.24, 2.45) is 0 Å². The molecular formula is C25H35N3O3S. The monoisotopic (exact) mass is 457 g/mol. The predicted molar refractivity (Wildman–Crippen MR) is 130 cm³/mol. The average molecular weight is 458 g/mol. The van der Waals surface area contributed by atoms with Gasteiger partial charge in [-0.25, -0.2) is 4.31 Å². The van der Waals surface area contributed by atoms with Gasteiger partial charge in [0.15, 0.2) is 0 Å². The summed E-state index contributed by atoms with van der Waals surface area (Å²) in [5.74, 6) is -0.319. The van der Waals surface area contributed by atoms with Crippen LogP contribution in [-0.2, 0) is 27.8 Å². The minimum Gasteiger partial charge on any atom is -0.348 e. The van der Waals surface area contributed by atoms with Crippen LogP contribution in [0.3, 0.4) is 0 Å². The molecule has 32 heavy (non-hydrogen) atoms. The highest BCUT2D eigenvalue weighted by molar-refractivity contribution is 7.90. The number of aryl methyl sites for hydroxylation is 4. The molecule has 0 aliphatic heterocycles. The van der Waals surface area contributed by atoms with Crippen LogP contribution in [0.2, 0.25) is 0 Å². The van der Waals surface area contributed by atoms with E-state index in [0.717, 1.165) is 40.3 Å². The minimum atomic E-state index is -3.84. The van der Waals surface area contributed by atoms with Gasteiger partial charge < -0.3 is 5.32 Å². The molecule has 0 saturated carbocycles. The summed E-state index contributed by atoms with van der Waals surface area (Å²) in [5.41, 5.74) is 6.11. The van der Waals surface area contributed by atoms with E-state index in [0.29, 0.717) is 5.69 Å². The van der Waals surface area contributed by atoms with Gasteiger partial charge in [-0.3, -0.25) is 4.79 Å². The third-order valence-electron chi connectivity index (χ3n) is 6.18. The minimum absolute atomic E-state index is 0.155. The highest BCUT2D eigenvalue weighted by Crippen LogP contribution is 2.27. The lowest BCUT2D eigenvalue weighted by Gasteiger charge is -2.29. The number of nitrogens with one attached hydrogen (secondary N) is 1. The fourth-order valence-corrected chi connectivity index (χ4v) is 5.36. The van der Waals surface area contributed by atoms with Gasteiger partial charge in [0.1, 0.15) is 6.54 Å². The third-order valence-corrected chi connectivity index (χ3v) is 7.98. The van der Waals surface area contributed by atoms with Crippen LogP contribution in [-0.4, -0.2) is 39.3 Å². The van der Waals surface area contributed by atoms with Crippen molar-refractivity contribution < 1.29 is 13.2 Å². The molecule has 1 N–H and O–H groups in total. The lowest BCUT2D eigenvalue weighted by molar-refractivity contribution is -0.120. The van der Waals surface area contributed by atoms with Gasteiger partial charge in [-0.2, -0.15) is 12.7 Å². The molecular weight excluding hydrogens is 422 g/mol. The van der Waals surface area contributed by atoms with E-state index in [4.69, 9.17) is 0 Å². The molecule has 0 radical (unpaired) electrons. The molecule has 0 bridgehead atoms. The van der Waals surface area contributed by atoms with Crippen molar-refractivity contribution in [3.63, 3.8) is 0 Å². The van der Waals surface area contributed by atoms with Crippen LogP contribution in [0.1, 0.15) is 60.0 Å². The van der Waals surface area contributed by atoms with Gasteiger partial charge in [-0.1, -0.05) is 37.3 Å². The molecule has 0 aromatic heterocycles. The largest absolute Gasteiger partial charge is 0.348 e. The molecule has 0 unspecified atom stereocenters. The molecule has 1 atom stereocenters. The Labute approximate surface area is 192 Å². The summed E-state index contributed by atoms with van der Waals surface area (Å²) in [7, 11) is -0.881. The highest BCUT2D eigenvalue weighted by Gasteiger charge is 2.29. The summed E-state index contributed by atoms with van der Waals surface area (Å²) in [6.45, 7) is 5.52. The van der Waals surface area contributed by atoms with Gasteiger partial charge in [0.25, 0.3) is 0 Å². The van der Waals surface area contributed by atoms with E-state index < -0.39 is 10.2 Å². The zero-order valence-corrected chi connectivity index (χ0v) is 20.6. The number of fused-ring (bicyclic) bond motifs is 1. The zero-order chi connectivity index (χ0) is 23.5. The fraction of sp³-hybridized carbons (Fsp3) is 0.480. The highest BCUT2D eigenvalue weighted by atomic mass is 32.2. The number of anilines is 1. The zero-order valence-electron chi connectivity index (χ0n) is 19.8. The molecule has 3 rings (SSSR count). The standard InChI is InChI=1S/C25H35N3O3S/c1-6-23(22-14-13-20-9-7-8-10-21(20)16-22)26-25(29)17-28(32(30,31)27(4)5)24-15-18(2)11-12-19(24)3/h11-16,23H,6-10,17H2,1-5H3,(H,26,29)/t23-/m0/s1. The molecule has 2 aromatic rings. The van der Waals surface area contributed by atoms with E-state index in [1.165, 1.54) is 42.4 Å². The Morgan fingerprint density at radius 3 is 2.38 bits per heavy atom. The Hall–Kier alpha value is -2.38. The normalized spacial score (nSPS) is 14.7. The number of benzene rings is 2. The number of carbonyl (C=O) groups is 1.